The molecule has 1 aromatic carbocycles. The van der Waals surface area contributed by atoms with Crippen molar-refractivity contribution >= 4 is 5.91 Å². The van der Waals surface area contributed by atoms with E-state index >= 15 is 0 Å². The predicted molar refractivity (Wildman–Crippen MR) is 74.8 cm³/mol. The van der Waals surface area contributed by atoms with E-state index in [1.165, 1.54) is 6.08 Å². The minimum absolute atomic E-state index is 0.0245. The first-order valence-corrected chi connectivity index (χ1v) is 6.47. The Morgan fingerprint density at radius 3 is 2.75 bits per heavy atom. The van der Waals surface area contributed by atoms with Crippen molar-refractivity contribution in [3.63, 3.8) is 0 Å². The van der Waals surface area contributed by atoms with E-state index in [0.29, 0.717) is 24.3 Å². The third-order valence-corrected chi connectivity index (χ3v) is 3.56. The molecule has 108 valence electrons. The summed E-state index contributed by atoms with van der Waals surface area (Å²) in [5.74, 6) is 1.15. The number of hydrogen-bond acceptors (Lipinski definition) is 4. The van der Waals surface area contributed by atoms with Crippen LogP contribution in [-0.4, -0.2) is 31.8 Å². The van der Waals surface area contributed by atoms with Crippen LogP contribution >= 0.6 is 0 Å². The van der Waals surface area contributed by atoms with Gasteiger partial charge in [-0.2, -0.15) is 0 Å². The van der Waals surface area contributed by atoms with Crippen LogP contribution in [0.4, 0.5) is 0 Å². The highest BCUT2D eigenvalue weighted by atomic mass is 16.5. The molecule has 0 fully saturated rings. The molecule has 5 heteroatoms. The summed E-state index contributed by atoms with van der Waals surface area (Å²) in [5.41, 5.74) is 0.200. The Labute approximate surface area is 118 Å². The Bertz CT molecular complexity index is 527. The number of hydrogen-bond donors (Lipinski definition) is 2. The third kappa shape index (κ3) is 2.63. The van der Waals surface area contributed by atoms with Crippen LogP contribution in [0.5, 0.6) is 11.5 Å². The largest absolute Gasteiger partial charge is 0.497 e. The Hall–Kier alpha value is -2.01. The van der Waals surface area contributed by atoms with E-state index in [9.17, 15) is 9.90 Å². The molecule has 0 spiro atoms. The van der Waals surface area contributed by atoms with Gasteiger partial charge in [0.05, 0.1) is 19.8 Å². The smallest absolute Gasteiger partial charge is 0.244 e. The molecule has 1 aliphatic rings. The van der Waals surface area contributed by atoms with Gasteiger partial charge in [-0.15, -0.1) is 0 Å². The van der Waals surface area contributed by atoms with E-state index in [-0.39, 0.29) is 12.5 Å². The monoisotopic (exact) mass is 277 g/mol. The average Bonchev–Trinajstić information content (AvgIpc) is 2.46. The average molecular weight is 277 g/mol. The lowest BCUT2D eigenvalue weighted by Gasteiger charge is -2.37. The molecule has 0 aromatic heterocycles. The molecule has 1 aliphatic heterocycles. The minimum atomic E-state index is -0.641. The molecule has 1 amide bonds. The van der Waals surface area contributed by atoms with Gasteiger partial charge in [0.1, 0.15) is 11.5 Å². The lowest BCUT2D eigenvalue weighted by atomic mass is 9.81. The minimum Gasteiger partial charge on any atom is -0.497 e. The fourth-order valence-corrected chi connectivity index (χ4v) is 2.56. The highest BCUT2D eigenvalue weighted by Crippen LogP contribution is 2.38. The molecule has 5 nitrogen and oxygen atoms in total. The van der Waals surface area contributed by atoms with Crippen LogP contribution in [0.15, 0.2) is 30.4 Å². The second kappa shape index (κ2) is 5.96. The van der Waals surface area contributed by atoms with Gasteiger partial charge in [0.2, 0.25) is 5.91 Å². The fraction of sp³-hybridized carbons (Fsp3) is 0.400. The van der Waals surface area contributed by atoms with Gasteiger partial charge in [0.25, 0.3) is 0 Å². The highest BCUT2D eigenvalue weighted by molar-refractivity contribution is 5.89. The topological polar surface area (TPSA) is 67.8 Å². The molecule has 0 saturated carbocycles. The molecule has 0 bridgehead atoms. The van der Waals surface area contributed by atoms with Crippen LogP contribution in [0.25, 0.3) is 0 Å². The standard InChI is InChI=1S/C15H19NO4/c1-19-11-5-6-12(13(10-11)20-2)15(8-9-17)7-3-4-14(18)16-15/h3-6,10,17H,7-9H2,1-2H3,(H,16,18). The number of nitrogens with one attached hydrogen (secondary N) is 1. The van der Waals surface area contributed by atoms with Crippen LogP contribution < -0.4 is 14.8 Å². The lowest BCUT2D eigenvalue weighted by Crippen LogP contribution is -2.47. The number of ether oxygens (including phenoxy) is 2. The van der Waals surface area contributed by atoms with Crippen LogP contribution in [0, 0.1) is 0 Å². The highest BCUT2D eigenvalue weighted by Gasteiger charge is 2.36. The summed E-state index contributed by atoms with van der Waals surface area (Å²) in [6, 6.07) is 5.47. The maximum absolute atomic E-state index is 11.7. The van der Waals surface area contributed by atoms with Gasteiger partial charge < -0.3 is 19.9 Å². The van der Waals surface area contributed by atoms with E-state index in [1.54, 1.807) is 20.3 Å². The van der Waals surface area contributed by atoms with Crippen molar-refractivity contribution in [2.45, 2.75) is 18.4 Å². The van der Waals surface area contributed by atoms with Gasteiger partial charge >= 0.3 is 0 Å². The summed E-state index contributed by atoms with van der Waals surface area (Å²) in [7, 11) is 3.16. The fourth-order valence-electron chi connectivity index (χ4n) is 2.56. The molecule has 20 heavy (non-hydrogen) atoms. The summed E-state index contributed by atoms with van der Waals surface area (Å²) in [6.45, 7) is -0.0245. The molecule has 2 rings (SSSR count). The second-order valence-corrected chi connectivity index (χ2v) is 4.72. The number of aliphatic hydroxyl groups is 1. The van der Waals surface area contributed by atoms with Crippen molar-refractivity contribution in [2.75, 3.05) is 20.8 Å². The second-order valence-electron chi connectivity index (χ2n) is 4.72. The zero-order valence-electron chi connectivity index (χ0n) is 11.7. The molecular formula is C15H19NO4. The van der Waals surface area contributed by atoms with Gasteiger partial charge in [0.15, 0.2) is 0 Å². The van der Waals surface area contributed by atoms with Gasteiger partial charge in [-0.3, -0.25) is 4.79 Å². The van der Waals surface area contributed by atoms with Crippen molar-refractivity contribution < 1.29 is 19.4 Å². The van der Waals surface area contributed by atoms with Crippen LogP contribution in [0.1, 0.15) is 18.4 Å². The maximum atomic E-state index is 11.7. The van der Waals surface area contributed by atoms with Crippen LogP contribution in [0.2, 0.25) is 0 Å². The van der Waals surface area contributed by atoms with E-state index in [0.717, 1.165) is 5.56 Å². The number of benzene rings is 1. The molecule has 0 radical (unpaired) electrons. The first kappa shape index (κ1) is 14.4. The number of methoxy groups -OCH3 is 2. The van der Waals surface area contributed by atoms with Crippen molar-refractivity contribution in [3.8, 4) is 11.5 Å². The number of aliphatic hydroxyl groups excluding tert-OH is 1. The number of amides is 1. The number of carbonyl (C=O) groups excluding carboxylic acids is 1. The van der Waals surface area contributed by atoms with E-state index < -0.39 is 5.54 Å². The zero-order valence-corrected chi connectivity index (χ0v) is 11.7. The van der Waals surface area contributed by atoms with Crippen LogP contribution in [0.3, 0.4) is 0 Å². The van der Waals surface area contributed by atoms with Crippen molar-refractivity contribution in [1.29, 1.82) is 0 Å². The molecule has 1 aromatic rings. The van der Waals surface area contributed by atoms with Gasteiger partial charge in [0, 0.05) is 18.2 Å². The molecule has 2 N–H and O–H groups in total. The SMILES string of the molecule is COc1ccc(C2(CCO)CC=CC(=O)N2)c(OC)c1. The molecular weight excluding hydrogens is 258 g/mol. The molecule has 1 atom stereocenters. The lowest BCUT2D eigenvalue weighted by molar-refractivity contribution is -0.119. The summed E-state index contributed by atoms with van der Waals surface area (Å²) in [4.78, 5) is 11.7. The van der Waals surface area contributed by atoms with E-state index in [2.05, 4.69) is 5.32 Å². The van der Waals surface area contributed by atoms with E-state index in [1.807, 2.05) is 18.2 Å². The Morgan fingerprint density at radius 2 is 2.15 bits per heavy atom. The predicted octanol–water partition coefficient (Wildman–Crippen LogP) is 1.36. The summed E-state index contributed by atoms with van der Waals surface area (Å²) >= 11 is 0. The summed E-state index contributed by atoms with van der Waals surface area (Å²) in [5, 5.41) is 12.3. The van der Waals surface area contributed by atoms with Gasteiger partial charge in [-0.05, 0) is 31.1 Å². The van der Waals surface area contributed by atoms with Gasteiger partial charge in [-0.25, -0.2) is 0 Å². The normalized spacial score (nSPS) is 21.4. The van der Waals surface area contributed by atoms with Gasteiger partial charge in [-0.1, -0.05) is 6.08 Å². The van der Waals surface area contributed by atoms with Crippen molar-refractivity contribution in [3.05, 3.63) is 35.9 Å². The Kier molecular flexibility index (Phi) is 4.29. The molecule has 1 unspecified atom stereocenters. The van der Waals surface area contributed by atoms with Crippen LogP contribution in [-0.2, 0) is 10.3 Å². The summed E-state index contributed by atoms with van der Waals surface area (Å²) in [6.07, 6.45) is 4.36. The summed E-state index contributed by atoms with van der Waals surface area (Å²) < 4.78 is 10.6. The molecule has 0 aliphatic carbocycles. The third-order valence-electron chi connectivity index (χ3n) is 3.56. The Balaban J connectivity index is 2.49. The van der Waals surface area contributed by atoms with Crippen molar-refractivity contribution in [2.24, 2.45) is 0 Å². The first-order chi connectivity index (χ1) is 9.65. The zero-order chi connectivity index (χ0) is 14.6. The quantitative estimate of drug-likeness (QED) is 0.852. The maximum Gasteiger partial charge on any atom is 0.244 e. The van der Waals surface area contributed by atoms with Crippen molar-refractivity contribution in [1.82, 2.24) is 5.32 Å². The number of rotatable bonds is 5. The number of carbonyl (C=O) groups is 1. The van der Waals surface area contributed by atoms with E-state index in [4.69, 9.17) is 9.47 Å². The molecule has 1 heterocycles. The molecule has 0 saturated heterocycles. The first-order valence-electron chi connectivity index (χ1n) is 6.47. The Morgan fingerprint density at radius 1 is 1.35 bits per heavy atom.